The molecular formula is C8H6BrN3O4S. The number of aromatic nitrogens is 2. The molecule has 0 amide bonds. The number of hydrogen-bond donors (Lipinski definition) is 3. The molecule has 1 aromatic heterocycles. The van der Waals surface area contributed by atoms with E-state index in [0.717, 1.165) is 0 Å². The highest BCUT2D eigenvalue weighted by atomic mass is 79.9. The van der Waals surface area contributed by atoms with Crippen LogP contribution in [-0.4, -0.2) is 18.4 Å². The molecule has 2 rings (SSSR count). The highest BCUT2D eigenvalue weighted by Gasteiger charge is 2.16. The molecule has 9 heteroatoms. The fourth-order valence-electron chi connectivity index (χ4n) is 1.43. The van der Waals surface area contributed by atoms with Gasteiger partial charge in [0.25, 0.3) is 5.56 Å². The molecule has 0 aliphatic rings. The van der Waals surface area contributed by atoms with Crippen LogP contribution < -0.4 is 16.4 Å². The number of rotatable bonds is 1. The molecule has 0 radical (unpaired) electrons. The Kier molecular flexibility index (Phi) is 2.68. The Bertz CT molecular complexity index is 821. The van der Waals surface area contributed by atoms with E-state index in [1.165, 1.54) is 12.1 Å². The van der Waals surface area contributed by atoms with Gasteiger partial charge in [-0.15, -0.1) is 0 Å². The molecule has 0 unspecified atom stereocenters. The summed E-state index contributed by atoms with van der Waals surface area (Å²) in [6, 6.07) is 2.60. The van der Waals surface area contributed by atoms with Crippen molar-refractivity contribution in [1.29, 1.82) is 0 Å². The van der Waals surface area contributed by atoms with Crippen molar-refractivity contribution in [3.8, 4) is 0 Å². The third kappa shape index (κ3) is 2.16. The number of primary sulfonamides is 1. The van der Waals surface area contributed by atoms with Crippen molar-refractivity contribution in [2.24, 2.45) is 5.14 Å². The normalized spacial score (nSPS) is 11.9. The van der Waals surface area contributed by atoms with Crippen molar-refractivity contribution in [3.63, 3.8) is 0 Å². The van der Waals surface area contributed by atoms with Gasteiger partial charge in [0.05, 0.1) is 10.9 Å². The molecule has 90 valence electrons. The quantitative estimate of drug-likeness (QED) is 0.662. The van der Waals surface area contributed by atoms with Gasteiger partial charge < -0.3 is 4.98 Å². The second kappa shape index (κ2) is 3.79. The van der Waals surface area contributed by atoms with Crippen molar-refractivity contribution in [2.45, 2.75) is 4.90 Å². The maximum absolute atomic E-state index is 11.5. The van der Waals surface area contributed by atoms with E-state index in [0.29, 0.717) is 4.47 Å². The summed E-state index contributed by atoms with van der Waals surface area (Å²) in [4.78, 5) is 26.5. The molecule has 0 saturated heterocycles. The van der Waals surface area contributed by atoms with Gasteiger partial charge in [-0.05, 0) is 12.1 Å². The van der Waals surface area contributed by atoms with Gasteiger partial charge in [0.15, 0.2) is 0 Å². The minimum absolute atomic E-state index is 0.0306. The summed E-state index contributed by atoms with van der Waals surface area (Å²) < 4.78 is 23.1. The zero-order chi connectivity index (χ0) is 12.8. The van der Waals surface area contributed by atoms with Gasteiger partial charge in [-0.2, -0.15) is 0 Å². The highest BCUT2D eigenvalue weighted by Crippen LogP contribution is 2.22. The molecular weight excluding hydrogens is 314 g/mol. The van der Waals surface area contributed by atoms with Crippen molar-refractivity contribution < 1.29 is 8.42 Å². The van der Waals surface area contributed by atoms with Crippen molar-refractivity contribution >= 4 is 36.9 Å². The Morgan fingerprint density at radius 2 is 1.82 bits per heavy atom. The Balaban J connectivity index is 3.15. The molecule has 0 saturated carbocycles. The topological polar surface area (TPSA) is 126 Å². The monoisotopic (exact) mass is 319 g/mol. The van der Waals surface area contributed by atoms with E-state index < -0.39 is 21.3 Å². The lowest BCUT2D eigenvalue weighted by atomic mass is 10.2. The Hall–Kier alpha value is -1.45. The fourth-order valence-corrected chi connectivity index (χ4v) is 2.78. The van der Waals surface area contributed by atoms with Crippen LogP contribution in [0, 0.1) is 0 Å². The van der Waals surface area contributed by atoms with Crippen LogP contribution >= 0.6 is 15.9 Å². The third-order valence-electron chi connectivity index (χ3n) is 2.08. The number of nitrogens with one attached hydrogen (secondary N) is 2. The number of halogens is 1. The molecule has 4 N–H and O–H groups in total. The zero-order valence-corrected chi connectivity index (χ0v) is 10.6. The van der Waals surface area contributed by atoms with E-state index >= 15 is 0 Å². The summed E-state index contributed by atoms with van der Waals surface area (Å²) in [6.45, 7) is 0. The lowest BCUT2D eigenvalue weighted by molar-refractivity contribution is 0.598. The number of aromatic amines is 2. The molecule has 0 fully saturated rings. The number of nitrogens with two attached hydrogens (primary N) is 1. The second-order valence-electron chi connectivity index (χ2n) is 3.28. The molecule has 7 nitrogen and oxygen atoms in total. The Morgan fingerprint density at radius 3 is 2.41 bits per heavy atom. The molecule has 0 aliphatic heterocycles. The van der Waals surface area contributed by atoms with Crippen LogP contribution in [0.5, 0.6) is 0 Å². The summed E-state index contributed by atoms with van der Waals surface area (Å²) in [5.41, 5.74) is -1.59. The molecule has 0 aliphatic carbocycles. The van der Waals surface area contributed by atoms with E-state index in [1.807, 2.05) is 4.98 Å². The minimum Gasteiger partial charge on any atom is -0.306 e. The van der Waals surface area contributed by atoms with E-state index in [9.17, 15) is 18.0 Å². The summed E-state index contributed by atoms with van der Waals surface area (Å²) in [5.74, 6) is 0. The minimum atomic E-state index is -4.04. The van der Waals surface area contributed by atoms with Gasteiger partial charge in [-0.1, -0.05) is 15.9 Å². The fraction of sp³-hybridized carbons (Fsp3) is 0. The summed E-state index contributed by atoms with van der Waals surface area (Å²) >= 11 is 3.06. The number of H-pyrrole nitrogens is 2. The maximum atomic E-state index is 11.5. The van der Waals surface area contributed by atoms with Crippen LogP contribution in [0.2, 0.25) is 0 Å². The van der Waals surface area contributed by atoms with Crippen LogP contribution in [-0.2, 0) is 10.0 Å². The lowest BCUT2D eigenvalue weighted by Crippen LogP contribution is -2.24. The van der Waals surface area contributed by atoms with Crippen molar-refractivity contribution in [2.75, 3.05) is 0 Å². The van der Waals surface area contributed by atoms with Gasteiger partial charge in [-0.25, -0.2) is 18.4 Å². The first-order chi connectivity index (χ1) is 7.79. The molecule has 0 atom stereocenters. The molecule has 1 heterocycles. The van der Waals surface area contributed by atoms with Gasteiger partial charge in [0, 0.05) is 4.47 Å². The summed E-state index contributed by atoms with van der Waals surface area (Å²) in [5, 5.41) is 5.04. The van der Waals surface area contributed by atoms with Gasteiger partial charge in [0.1, 0.15) is 4.90 Å². The van der Waals surface area contributed by atoms with E-state index in [-0.39, 0.29) is 15.8 Å². The highest BCUT2D eigenvalue weighted by molar-refractivity contribution is 9.10. The number of benzene rings is 1. The third-order valence-corrected chi connectivity index (χ3v) is 3.48. The van der Waals surface area contributed by atoms with Crippen LogP contribution in [0.15, 0.2) is 31.1 Å². The summed E-state index contributed by atoms with van der Waals surface area (Å²) in [6.07, 6.45) is 0. The largest absolute Gasteiger partial charge is 0.326 e. The smallest absolute Gasteiger partial charge is 0.306 e. The van der Waals surface area contributed by atoms with Gasteiger partial charge in [-0.3, -0.25) is 9.78 Å². The lowest BCUT2D eigenvalue weighted by Gasteiger charge is -2.04. The molecule has 2 aromatic rings. The number of sulfonamides is 1. The number of hydrogen-bond acceptors (Lipinski definition) is 4. The van der Waals surface area contributed by atoms with E-state index in [2.05, 4.69) is 20.9 Å². The van der Waals surface area contributed by atoms with Crippen molar-refractivity contribution in [3.05, 3.63) is 37.4 Å². The average molecular weight is 320 g/mol. The first-order valence-corrected chi connectivity index (χ1v) is 6.61. The molecule has 17 heavy (non-hydrogen) atoms. The zero-order valence-electron chi connectivity index (χ0n) is 8.15. The molecule has 0 spiro atoms. The van der Waals surface area contributed by atoms with Gasteiger partial charge >= 0.3 is 5.69 Å². The van der Waals surface area contributed by atoms with E-state index in [4.69, 9.17) is 5.14 Å². The van der Waals surface area contributed by atoms with Crippen LogP contribution in [0.3, 0.4) is 0 Å². The summed E-state index contributed by atoms with van der Waals surface area (Å²) in [7, 11) is -4.04. The predicted molar refractivity (Wildman–Crippen MR) is 64.3 cm³/mol. The van der Waals surface area contributed by atoms with Crippen LogP contribution in [0.25, 0.3) is 10.9 Å². The standard InChI is InChI=1S/C8H6BrN3O4S/c9-3-1-4-6(5(2-3)17(10,15)16)11-8(14)12-7(4)13/h1-2H,(H2,10,15,16)(H2,11,12,13,14). The first-order valence-electron chi connectivity index (χ1n) is 4.28. The van der Waals surface area contributed by atoms with Crippen molar-refractivity contribution in [1.82, 2.24) is 9.97 Å². The average Bonchev–Trinajstić information content (AvgIpc) is 2.16. The Morgan fingerprint density at radius 1 is 1.18 bits per heavy atom. The second-order valence-corrected chi connectivity index (χ2v) is 5.73. The molecule has 0 bridgehead atoms. The Labute approximate surface area is 103 Å². The van der Waals surface area contributed by atoms with Crippen LogP contribution in [0.1, 0.15) is 0 Å². The first kappa shape index (κ1) is 12.0. The van der Waals surface area contributed by atoms with Gasteiger partial charge in [0.2, 0.25) is 10.0 Å². The van der Waals surface area contributed by atoms with Crippen LogP contribution in [0.4, 0.5) is 0 Å². The van der Waals surface area contributed by atoms with E-state index in [1.54, 1.807) is 0 Å². The molecule has 1 aromatic carbocycles. The maximum Gasteiger partial charge on any atom is 0.326 e. The SMILES string of the molecule is NS(=O)(=O)c1cc(Br)cc2c(=O)[nH]c(=O)[nH]c12. The number of fused-ring (bicyclic) bond motifs is 1. The predicted octanol–water partition coefficient (Wildman–Crippen LogP) is -0.374.